The highest BCUT2D eigenvalue weighted by molar-refractivity contribution is 8.00. The summed E-state index contributed by atoms with van der Waals surface area (Å²) >= 11 is 0.820. The molecule has 0 aliphatic carbocycles. The molecule has 36 nitrogen and oxygen atoms in total. The predicted octanol–water partition coefficient (Wildman–Crippen LogP) is 1.41. The van der Waals surface area contributed by atoms with Gasteiger partial charge in [-0.15, -0.1) is 11.8 Å². The van der Waals surface area contributed by atoms with Gasteiger partial charge in [0.05, 0.1) is 31.8 Å². The molecule has 7 aromatic rings. The van der Waals surface area contributed by atoms with Gasteiger partial charge in [-0.25, -0.2) is 0 Å². The molecule has 0 unspecified atom stereocenters. The van der Waals surface area contributed by atoms with E-state index in [9.17, 15) is 53.7 Å². The fourth-order valence-electron chi connectivity index (χ4n) is 15.0. The number of carbonyl (C=O) groups excluding carboxylic acids is 15. The molecule has 15 amide bonds. The van der Waals surface area contributed by atoms with E-state index in [0.29, 0.717) is 63.5 Å². The van der Waals surface area contributed by atoms with Crippen molar-refractivity contribution in [2.75, 3.05) is 72.9 Å². The minimum atomic E-state index is -1.91. The Hall–Kier alpha value is -13.7. The van der Waals surface area contributed by atoms with Gasteiger partial charge in [0.15, 0.2) is 0 Å². The van der Waals surface area contributed by atoms with E-state index in [2.05, 4.69) is 52.8 Å². The quantitative estimate of drug-likeness (QED) is 0.0360. The minimum Gasteiger partial charge on any atom is -0.508 e. The van der Waals surface area contributed by atoms with Gasteiger partial charge in [0.1, 0.15) is 78.0 Å². The second-order valence-electron chi connectivity index (χ2n) is 32.7. The first-order chi connectivity index (χ1) is 62.0. The van der Waals surface area contributed by atoms with Crippen molar-refractivity contribution in [3.8, 4) is 11.5 Å². The number of aliphatic carboxylic acids is 1. The molecule has 0 bridgehead atoms. The highest BCUT2D eigenvalue weighted by atomic mass is 32.2. The smallest absolute Gasteiger partial charge is 0.305 e. The van der Waals surface area contributed by atoms with E-state index in [1.54, 1.807) is 135 Å². The number of benzene rings is 6. The van der Waals surface area contributed by atoms with Crippen LogP contribution in [0.5, 0.6) is 11.5 Å². The number of aromatic nitrogens is 1. The average molecular weight is 1810 g/mol. The largest absolute Gasteiger partial charge is 0.508 e. The number of phenolic OH excluding ortho intramolecular Hbond substituents is 2. The van der Waals surface area contributed by atoms with Gasteiger partial charge in [-0.2, -0.15) is 0 Å². The van der Waals surface area contributed by atoms with Gasteiger partial charge in [0.2, 0.25) is 88.6 Å². The predicted molar refractivity (Wildman–Crippen MR) is 486 cm³/mol. The van der Waals surface area contributed by atoms with Crippen molar-refractivity contribution < 1.29 is 92.0 Å². The van der Waals surface area contributed by atoms with Gasteiger partial charge in [-0.1, -0.05) is 167 Å². The van der Waals surface area contributed by atoms with Gasteiger partial charge in [-0.05, 0) is 102 Å². The van der Waals surface area contributed by atoms with Gasteiger partial charge in [0.25, 0.3) is 0 Å². The molecular formula is C93H119N17O19S. The molecule has 0 radical (unpaired) electrons. The second kappa shape index (κ2) is 50.1. The number of nitrogens with one attached hydrogen (secondary N) is 10. The van der Waals surface area contributed by atoms with Crippen molar-refractivity contribution >= 4 is 117 Å². The van der Waals surface area contributed by atoms with Crippen LogP contribution in [0.3, 0.4) is 0 Å². The first-order valence-corrected chi connectivity index (χ1v) is 44.2. The minimum absolute atomic E-state index is 0.0268. The van der Waals surface area contributed by atoms with Crippen LogP contribution >= 0.6 is 11.8 Å². The zero-order valence-corrected chi connectivity index (χ0v) is 75.0. The number of amides is 15. The first-order valence-electron chi connectivity index (χ1n) is 43.0. The summed E-state index contributed by atoms with van der Waals surface area (Å²) in [5, 5.41) is 55.6. The molecule has 1 fully saturated rings. The fourth-order valence-corrected chi connectivity index (χ4v) is 15.9. The number of likely N-dealkylation sites (N-methyl/N-ethyl adjacent to an activating group) is 5. The summed E-state index contributed by atoms with van der Waals surface area (Å²) in [6.07, 6.45) is 0.543. The monoisotopic (exact) mass is 1810 g/mol. The molecule has 6 aromatic carbocycles. The van der Waals surface area contributed by atoms with E-state index in [0.717, 1.165) is 26.5 Å². The number of para-hydroxylation sites is 1. The number of unbranched alkanes of at least 4 members (excludes halogenated alkanes) is 2. The number of H-pyrrole nitrogens is 1. The summed E-state index contributed by atoms with van der Waals surface area (Å²) in [5.41, 5.74) is 15.0. The molecule has 1 aromatic heterocycles. The van der Waals surface area contributed by atoms with E-state index < -0.39 is 205 Å². The molecule has 1 aliphatic rings. The molecule has 17 N–H and O–H groups in total. The zero-order valence-electron chi connectivity index (χ0n) is 74.2. The van der Waals surface area contributed by atoms with Crippen LogP contribution in [0, 0.1) is 5.92 Å². The summed E-state index contributed by atoms with van der Waals surface area (Å²) in [5.74, 6) is -17.2. The number of aromatic amines is 1. The standard InChI is InChI=1S/C93H119N17O19S/c1-9-10-33-74-91(127)107(5)53-79(115)99-70(49-81(117)118)87(123)105-82(56(2)3)93(129)109(7)75(46-58-26-16-12-17-27-58)88(124)103-71(45-61-36-40-64(112)41-37-61)89(125)106(4)52-78(114)98-69(48-62-50-96-66-31-21-20-30-65(62)66)86(122)102-68(43-60-34-38-63(111)39-35-60)85(121)101-67(32-22-23-42-94)84(120)104-73(83(119)97-51-77(95)113)54-130-55-80(116)100-72(44-57-24-14-11-15-25-57)90(126)110(8)76(92(128)108(74)6)47-59-28-18-13-19-29-59/h11-21,24-31,34-41,50,56,67-76,82,96,111-112H,9-10,22-23,32-33,42-49,51-55,94H2,1-8H3,(H2,95,113)(H,97,119)(H,98,114)(H,99,115)(H,100,116)(H,101,121)(H,102,122)(H,103,124)(H,104,120)(H,105,123)(H,117,118)/t67-,68-,69-,70-,71-,72-,73-,74-,75-,76-,82-/m0/s1. The van der Waals surface area contributed by atoms with Gasteiger partial charge in [0, 0.05) is 96.6 Å². The van der Waals surface area contributed by atoms with Crippen LogP contribution in [0.2, 0.25) is 0 Å². The van der Waals surface area contributed by atoms with Crippen molar-refractivity contribution in [1.82, 2.24) is 77.3 Å². The molecular weight excluding hydrogens is 1690 g/mol. The molecule has 0 spiro atoms. The average Bonchev–Trinajstić information content (AvgIpc) is 0.981. The Morgan fingerprint density at radius 2 is 0.908 bits per heavy atom. The topological polar surface area (TPSA) is 526 Å². The van der Waals surface area contributed by atoms with Crippen molar-refractivity contribution in [3.05, 3.63) is 203 Å². The SMILES string of the molecule is CCCC[C@H]1C(=O)N(C)CC(=O)N[C@@H](CC(=O)O)C(=O)N[C@@H](C(C)C)C(=O)N(C)[C@@H](Cc2ccccc2)C(=O)N[C@@H](Cc2ccc(O)cc2)C(=O)N(C)CC(=O)N[C@@H](Cc2c[nH]c3ccccc23)C(=O)N[C@@H](Cc2ccc(O)cc2)C(=O)N[C@@H](CCCCN)C(=O)N[C@H](C(=O)NCC(N)=O)CSCC(=O)N[C@@H](Cc2ccccc2)C(=O)N(C)[C@@H](Cc2ccccc2)C(=O)N1C. The van der Waals surface area contributed by atoms with Gasteiger partial charge in [-0.3, -0.25) is 76.7 Å². The van der Waals surface area contributed by atoms with Crippen LogP contribution in [0.25, 0.3) is 10.9 Å². The zero-order chi connectivity index (χ0) is 94.8. The molecule has 130 heavy (non-hydrogen) atoms. The lowest BCUT2D eigenvalue weighted by Crippen LogP contribution is -2.61. The number of nitrogens with zero attached hydrogens (tertiary/aromatic N) is 5. The number of carbonyl (C=O) groups is 16. The fraction of sp³-hybridized carbons (Fsp3) is 0.419. The Morgan fingerprint density at radius 3 is 1.45 bits per heavy atom. The number of rotatable bonds is 25. The van der Waals surface area contributed by atoms with Crippen LogP contribution in [-0.4, -0.2) is 279 Å². The van der Waals surface area contributed by atoms with Gasteiger partial charge >= 0.3 is 5.97 Å². The number of carboxylic acids is 1. The molecule has 2 heterocycles. The maximum absolute atomic E-state index is 15.5. The van der Waals surface area contributed by atoms with E-state index in [4.69, 9.17) is 11.5 Å². The lowest BCUT2D eigenvalue weighted by molar-refractivity contribution is -0.151. The first kappa shape index (κ1) is 102. The van der Waals surface area contributed by atoms with Crippen molar-refractivity contribution in [2.45, 2.75) is 171 Å². The highest BCUT2D eigenvalue weighted by Gasteiger charge is 2.42. The Kier molecular flexibility index (Phi) is 39.2. The second-order valence-corrected chi connectivity index (χ2v) is 33.7. The van der Waals surface area contributed by atoms with Crippen LogP contribution in [0.15, 0.2) is 170 Å². The van der Waals surface area contributed by atoms with Crippen LogP contribution in [0.4, 0.5) is 0 Å². The molecule has 1 aliphatic heterocycles. The van der Waals surface area contributed by atoms with Crippen molar-refractivity contribution in [1.29, 1.82) is 0 Å². The Balaban J connectivity index is 1.21. The van der Waals surface area contributed by atoms with E-state index in [-0.39, 0.29) is 75.8 Å². The Labute approximate surface area is 758 Å². The normalized spacial score (nSPS) is 21.8. The molecule has 37 heteroatoms. The number of hydrogen-bond acceptors (Lipinski definition) is 20. The van der Waals surface area contributed by atoms with Crippen molar-refractivity contribution in [3.63, 3.8) is 0 Å². The third-order valence-corrected chi connectivity index (χ3v) is 23.3. The number of nitrogens with two attached hydrogens (primary N) is 2. The molecule has 1 saturated heterocycles. The van der Waals surface area contributed by atoms with Crippen LogP contribution in [-0.2, 0) is 115 Å². The number of aromatic hydroxyl groups is 2. The number of phenols is 2. The lowest BCUT2D eigenvalue weighted by atomic mass is 9.98. The van der Waals surface area contributed by atoms with E-state index in [1.165, 1.54) is 93.6 Å². The molecule has 8 rings (SSSR count). The maximum Gasteiger partial charge on any atom is 0.305 e. The number of carboxylic acid groups (broad SMARTS) is 1. The lowest BCUT2D eigenvalue weighted by Gasteiger charge is -2.37. The third-order valence-electron chi connectivity index (χ3n) is 22.3. The number of primary amides is 1. The summed E-state index contributed by atoms with van der Waals surface area (Å²) in [4.78, 5) is 244. The summed E-state index contributed by atoms with van der Waals surface area (Å²) in [6.45, 7) is 2.80. The summed E-state index contributed by atoms with van der Waals surface area (Å²) in [6, 6.07) is 27.1. The summed E-state index contributed by atoms with van der Waals surface area (Å²) in [7, 11) is 6.52. The third kappa shape index (κ3) is 30.8. The molecule has 696 valence electrons. The number of hydrogen-bond donors (Lipinski definition) is 15. The maximum atomic E-state index is 15.5. The Morgan fingerprint density at radius 1 is 0.454 bits per heavy atom. The van der Waals surface area contributed by atoms with Crippen molar-refractivity contribution in [2.24, 2.45) is 17.4 Å². The molecule has 11 atom stereocenters. The Bertz CT molecular complexity index is 5070. The van der Waals surface area contributed by atoms with Crippen LogP contribution < -0.4 is 59.3 Å². The molecule has 0 saturated carbocycles. The van der Waals surface area contributed by atoms with E-state index in [1.807, 2.05) is 6.92 Å². The number of thioether (sulfide) groups is 1. The number of fused-ring (bicyclic) bond motifs is 1. The summed E-state index contributed by atoms with van der Waals surface area (Å²) < 4.78 is 0. The van der Waals surface area contributed by atoms with Crippen LogP contribution in [0.1, 0.15) is 99.1 Å². The van der Waals surface area contributed by atoms with Gasteiger partial charge < -0.3 is 104 Å². The highest BCUT2D eigenvalue weighted by Crippen LogP contribution is 2.25. The van der Waals surface area contributed by atoms with E-state index >= 15 is 38.4 Å².